The van der Waals surface area contributed by atoms with Crippen LogP contribution >= 0.6 is 0 Å². The molecule has 0 saturated heterocycles. The quantitative estimate of drug-likeness (QED) is 0.258. The lowest BCUT2D eigenvalue weighted by Crippen LogP contribution is -2.07. The number of hydrogen-bond acceptors (Lipinski definition) is 2. The van der Waals surface area contributed by atoms with Crippen molar-refractivity contribution in [2.24, 2.45) is 5.11 Å². The average molecular weight is 128 g/mol. The maximum atomic E-state index is 7.87. The van der Waals surface area contributed by atoms with Crippen molar-refractivity contribution < 1.29 is 0 Å². The molecule has 0 aliphatic heterocycles. The van der Waals surface area contributed by atoms with Gasteiger partial charge < -0.3 is 5.32 Å². The second kappa shape index (κ2) is 7.27. The molecule has 1 N–H and O–H groups in total. The van der Waals surface area contributed by atoms with Crippen LogP contribution in [0.15, 0.2) is 5.11 Å². The van der Waals surface area contributed by atoms with Crippen LogP contribution in [0.3, 0.4) is 0 Å². The van der Waals surface area contributed by atoms with E-state index in [2.05, 4.69) is 15.3 Å². The van der Waals surface area contributed by atoms with Crippen LogP contribution in [0.2, 0.25) is 0 Å². The molecule has 0 aromatic heterocycles. The number of unbranched alkanes of at least 4 members (excludes halogenated alkanes) is 1. The van der Waals surface area contributed by atoms with E-state index in [0.717, 1.165) is 19.4 Å². The van der Waals surface area contributed by atoms with Gasteiger partial charge in [0.2, 0.25) is 0 Å². The summed E-state index contributed by atoms with van der Waals surface area (Å²) in [6, 6.07) is 0. The van der Waals surface area contributed by atoms with E-state index >= 15 is 0 Å². The van der Waals surface area contributed by atoms with Crippen molar-refractivity contribution in [1.82, 2.24) is 5.32 Å². The summed E-state index contributed by atoms with van der Waals surface area (Å²) in [7, 11) is 1.91. The Labute approximate surface area is 54.9 Å². The van der Waals surface area contributed by atoms with Gasteiger partial charge in [-0.1, -0.05) is 5.11 Å². The molecule has 0 atom stereocenters. The van der Waals surface area contributed by atoms with Gasteiger partial charge in [0, 0.05) is 11.5 Å². The molecule has 0 fully saturated rings. The van der Waals surface area contributed by atoms with Crippen LogP contribution in [0.5, 0.6) is 0 Å². The van der Waals surface area contributed by atoms with E-state index in [1.165, 1.54) is 0 Å². The summed E-state index contributed by atoms with van der Waals surface area (Å²) in [5, 5.41) is 6.41. The molecule has 0 radical (unpaired) electrons. The highest BCUT2D eigenvalue weighted by molar-refractivity contribution is 4.48. The predicted octanol–water partition coefficient (Wildman–Crippen LogP) is 1.30. The summed E-state index contributed by atoms with van der Waals surface area (Å²) >= 11 is 0. The minimum absolute atomic E-state index is 0.623. The van der Waals surface area contributed by atoms with Crippen LogP contribution < -0.4 is 5.32 Å². The van der Waals surface area contributed by atoms with Crippen LogP contribution in [-0.4, -0.2) is 20.1 Å². The van der Waals surface area contributed by atoms with Gasteiger partial charge in [-0.2, -0.15) is 0 Å². The fraction of sp³-hybridized carbons (Fsp3) is 1.00. The van der Waals surface area contributed by atoms with E-state index in [-0.39, 0.29) is 0 Å². The molecule has 0 aliphatic carbocycles. The van der Waals surface area contributed by atoms with Gasteiger partial charge in [0.15, 0.2) is 0 Å². The number of azide groups is 1. The van der Waals surface area contributed by atoms with Crippen molar-refractivity contribution in [3.63, 3.8) is 0 Å². The van der Waals surface area contributed by atoms with E-state index in [1.54, 1.807) is 0 Å². The van der Waals surface area contributed by atoms with Crippen LogP contribution in [-0.2, 0) is 0 Å². The fourth-order valence-corrected chi connectivity index (χ4v) is 0.529. The van der Waals surface area contributed by atoms with Crippen molar-refractivity contribution in [2.75, 3.05) is 20.1 Å². The lowest BCUT2D eigenvalue weighted by atomic mass is 10.3. The maximum Gasteiger partial charge on any atom is 0.0258 e. The van der Waals surface area contributed by atoms with Gasteiger partial charge in [0.25, 0.3) is 0 Å². The first-order valence-corrected chi connectivity index (χ1v) is 3.07. The topological polar surface area (TPSA) is 60.8 Å². The number of hydrogen-bond donors (Lipinski definition) is 1. The average Bonchev–Trinajstić information content (AvgIpc) is 1.89. The third-order valence-electron chi connectivity index (χ3n) is 0.998. The molecule has 4 nitrogen and oxygen atoms in total. The summed E-state index contributed by atoms with van der Waals surface area (Å²) in [6.07, 6.45) is 2.06. The molecule has 0 heterocycles. The van der Waals surface area contributed by atoms with Crippen molar-refractivity contribution >= 4 is 0 Å². The standard InChI is InChI=1S/C5H12N4/c1-7-4-2-3-5-8-9-6/h7H,2-5H2,1H3. The summed E-state index contributed by atoms with van der Waals surface area (Å²) in [5.74, 6) is 0. The van der Waals surface area contributed by atoms with Crippen LogP contribution in [0.4, 0.5) is 0 Å². The van der Waals surface area contributed by atoms with Crippen LogP contribution in [0, 0.1) is 0 Å². The Kier molecular flexibility index (Phi) is 6.68. The molecule has 0 bridgehead atoms. The third kappa shape index (κ3) is 7.27. The van der Waals surface area contributed by atoms with Gasteiger partial charge in [-0.3, -0.25) is 0 Å². The fourth-order valence-electron chi connectivity index (χ4n) is 0.529. The second-order valence-electron chi connectivity index (χ2n) is 1.77. The highest BCUT2D eigenvalue weighted by Gasteiger charge is 1.82. The van der Waals surface area contributed by atoms with Crippen molar-refractivity contribution in [2.45, 2.75) is 12.8 Å². The second-order valence-corrected chi connectivity index (χ2v) is 1.77. The zero-order chi connectivity index (χ0) is 6.95. The molecule has 0 saturated carbocycles. The highest BCUT2D eigenvalue weighted by atomic mass is 15.1. The molecule has 0 spiro atoms. The first kappa shape index (κ1) is 8.27. The number of nitrogens with one attached hydrogen (secondary N) is 1. The van der Waals surface area contributed by atoms with Crippen LogP contribution in [0.1, 0.15) is 12.8 Å². The molecule has 0 aliphatic rings. The van der Waals surface area contributed by atoms with E-state index in [1.807, 2.05) is 7.05 Å². The summed E-state index contributed by atoms with van der Waals surface area (Å²) < 4.78 is 0. The minimum atomic E-state index is 0.623. The molecule has 52 valence electrons. The Morgan fingerprint density at radius 2 is 2.33 bits per heavy atom. The van der Waals surface area contributed by atoms with Crippen molar-refractivity contribution in [1.29, 1.82) is 0 Å². The Hall–Kier alpha value is -0.730. The lowest BCUT2D eigenvalue weighted by Gasteiger charge is -1.93. The van der Waals surface area contributed by atoms with E-state index in [9.17, 15) is 0 Å². The Balaban J connectivity index is 2.82. The van der Waals surface area contributed by atoms with Gasteiger partial charge in [-0.25, -0.2) is 0 Å². The molecule has 0 unspecified atom stereocenters. The molecular weight excluding hydrogens is 116 g/mol. The van der Waals surface area contributed by atoms with Gasteiger partial charge in [0.1, 0.15) is 0 Å². The van der Waals surface area contributed by atoms with Crippen molar-refractivity contribution in [3.8, 4) is 0 Å². The third-order valence-corrected chi connectivity index (χ3v) is 0.998. The molecule has 0 aromatic carbocycles. The van der Waals surface area contributed by atoms with Gasteiger partial charge in [-0.05, 0) is 32.0 Å². The molecule has 4 heteroatoms. The number of nitrogens with zero attached hydrogens (tertiary/aromatic N) is 3. The number of rotatable bonds is 5. The summed E-state index contributed by atoms with van der Waals surface area (Å²) in [5.41, 5.74) is 7.87. The van der Waals surface area contributed by atoms with Crippen molar-refractivity contribution in [3.05, 3.63) is 10.4 Å². The monoisotopic (exact) mass is 128 g/mol. The first-order chi connectivity index (χ1) is 4.41. The molecule has 0 amide bonds. The first-order valence-electron chi connectivity index (χ1n) is 3.07. The van der Waals surface area contributed by atoms with Gasteiger partial charge in [0.05, 0.1) is 0 Å². The Morgan fingerprint density at radius 3 is 2.89 bits per heavy atom. The minimum Gasteiger partial charge on any atom is -0.320 e. The SMILES string of the molecule is CNCCCCN=[N+]=[N-]. The Bertz CT molecular complexity index is 95.1. The molecule has 0 aromatic rings. The zero-order valence-electron chi connectivity index (χ0n) is 5.67. The Morgan fingerprint density at radius 1 is 1.56 bits per heavy atom. The molecule has 0 rings (SSSR count). The van der Waals surface area contributed by atoms with E-state index < -0.39 is 0 Å². The molecular formula is C5H12N4. The summed E-state index contributed by atoms with van der Waals surface area (Å²) in [6.45, 7) is 1.62. The largest absolute Gasteiger partial charge is 0.320 e. The smallest absolute Gasteiger partial charge is 0.0258 e. The maximum absolute atomic E-state index is 7.87. The van der Waals surface area contributed by atoms with E-state index in [4.69, 9.17) is 5.53 Å². The van der Waals surface area contributed by atoms with Gasteiger partial charge in [-0.15, -0.1) is 0 Å². The van der Waals surface area contributed by atoms with Gasteiger partial charge >= 0.3 is 0 Å². The highest BCUT2D eigenvalue weighted by Crippen LogP contribution is 1.86. The van der Waals surface area contributed by atoms with Crippen LogP contribution in [0.25, 0.3) is 10.4 Å². The zero-order valence-corrected chi connectivity index (χ0v) is 5.67. The molecule has 9 heavy (non-hydrogen) atoms. The predicted molar refractivity (Wildman–Crippen MR) is 37.2 cm³/mol. The normalized spacial score (nSPS) is 8.56. The van der Waals surface area contributed by atoms with E-state index in [0.29, 0.717) is 6.54 Å². The summed E-state index contributed by atoms with van der Waals surface area (Å²) in [4.78, 5) is 2.64. The lowest BCUT2D eigenvalue weighted by molar-refractivity contribution is 0.683.